The SMILES string of the molecule is CCON(C)C(=O)c1cc(C)c(Br)cn1. The molecule has 0 aromatic carbocycles. The third-order valence-electron chi connectivity index (χ3n) is 1.87. The van der Waals surface area contributed by atoms with Gasteiger partial charge < -0.3 is 0 Å². The second-order valence-corrected chi connectivity index (χ2v) is 3.89. The Labute approximate surface area is 97.3 Å². The van der Waals surface area contributed by atoms with Crippen molar-refractivity contribution < 1.29 is 9.63 Å². The van der Waals surface area contributed by atoms with E-state index in [1.165, 1.54) is 5.06 Å². The summed E-state index contributed by atoms with van der Waals surface area (Å²) < 4.78 is 0.887. The third kappa shape index (κ3) is 3.00. The van der Waals surface area contributed by atoms with E-state index in [1.807, 2.05) is 13.8 Å². The maximum absolute atomic E-state index is 11.7. The van der Waals surface area contributed by atoms with E-state index < -0.39 is 0 Å². The zero-order valence-corrected chi connectivity index (χ0v) is 10.5. The van der Waals surface area contributed by atoms with Crippen molar-refractivity contribution in [2.24, 2.45) is 0 Å². The van der Waals surface area contributed by atoms with E-state index in [-0.39, 0.29) is 5.91 Å². The lowest BCUT2D eigenvalue weighted by Crippen LogP contribution is -2.27. The van der Waals surface area contributed by atoms with Gasteiger partial charge in [0.2, 0.25) is 0 Å². The van der Waals surface area contributed by atoms with Crippen LogP contribution in [0.1, 0.15) is 23.0 Å². The molecule has 0 unspecified atom stereocenters. The second kappa shape index (κ2) is 5.23. The van der Waals surface area contributed by atoms with E-state index >= 15 is 0 Å². The van der Waals surface area contributed by atoms with Gasteiger partial charge in [0.1, 0.15) is 5.69 Å². The van der Waals surface area contributed by atoms with Gasteiger partial charge in [0.25, 0.3) is 5.91 Å². The van der Waals surface area contributed by atoms with Crippen LogP contribution in [-0.4, -0.2) is 29.6 Å². The van der Waals surface area contributed by atoms with Crippen LogP contribution in [0.2, 0.25) is 0 Å². The van der Waals surface area contributed by atoms with Gasteiger partial charge >= 0.3 is 0 Å². The summed E-state index contributed by atoms with van der Waals surface area (Å²) in [7, 11) is 1.57. The fourth-order valence-electron chi connectivity index (χ4n) is 1.07. The average molecular weight is 273 g/mol. The molecule has 0 fully saturated rings. The topological polar surface area (TPSA) is 42.4 Å². The van der Waals surface area contributed by atoms with Gasteiger partial charge in [-0.15, -0.1) is 0 Å². The predicted octanol–water partition coefficient (Wildman–Crippen LogP) is 2.18. The van der Waals surface area contributed by atoms with Crippen molar-refractivity contribution in [2.45, 2.75) is 13.8 Å². The molecule has 1 aromatic rings. The standard InChI is InChI=1S/C10H13BrN2O2/c1-4-15-13(3)10(14)9-5-7(2)8(11)6-12-9/h5-6H,4H2,1-3H3. The first-order chi connectivity index (χ1) is 7.06. The minimum absolute atomic E-state index is 0.243. The maximum atomic E-state index is 11.7. The molecule has 0 saturated heterocycles. The quantitative estimate of drug-likeness (QED) is 0.793. The molecule has 0 N–H and O–H groups in total. The van der Waals surface area contributed by atoms with Gasteiger partial charge in [-0.1, -0.05) is 0 Å². The van der Waals surface area contributed by atoms with Crippen LogP contribution in [0.3, 0.4) is 0 Å². The summed E-state index contributed by atoms with van der Waals surface area (Å²) in [6, 6.07) is 1.72. The number of aromatic nitrogens is 1. The van der Waals surface area contributed by atoms with Crippen LogP contribution in [0.4, 0.5) is 0 Å². The van der Waals surface area contributed by atoms with Crippen LogP contribution in [0, 0.1) is 6.92 Å². The molecular formula is C10H13BrN2O2. The van der Waals surface area contributed by atoms with Crippen molar-refractivity contribution >= 4 is 21.8 Å². The summed E-state index contributed by atoms with van der Waals surface area (Å²) in [6.07, 6.45) is 1.61. The Kier molecular flexibility index (Phi) is 4.23. The van der Waals surface area contributed by atoms with E-state index in [0.29, 0.717) is 12.3 Å². The summed E-state index contributed by atoms with van der Waals surface area (Å²) in [5, 5.41) is 1.19. The van der Waals surface area contributed by atoms with Crippen molar-refractivity contribution in [2.75, 3.05) is 13.7 Å². The molecule has 0 aliphatic carbocycles. The van der Waals surface area contributed by atoms with E-state index in [4.69, 9.17) is 4.84 Å². The van der Waals surface area contributed by atoms with Crippen LogP contribution in [0.15, 0.2) is 16.7 Å². The van der Waals surface area contributed by atoms with Gasteiger partial charge in [-0.2, -0.15) is 0 Å². The molecule has 5 heteroatoms. The van der Waals surface area contributed by atoms with Crippen LogP contribution in [0.5, 0.6) is 0 Å². The molecule has 0 aliphatic heterocycles. The molecule has 0 atom stereocenters. The van der Waals surface area contributed by atoms with Crippen molar-refractivity contribution in [1.29, 1.82) is 0 Å². The molecule has 0 aliphatic rings. The second-order valence-electron chi connectivity index (χ2n) is 3.04. The fourth-order valence-corrected chi connectivity index (χ4v) is 1.29. The van der Waals surface area contributed by atoms with Gasteiger partial charge in [0, 0.05) is 17.7 Å². The molecular weight excluding hydrogens is 260 g/mol. The molecule has 1 rings (SSSR count). The van der Waals surface area contributed by atoms with E-state index in [1.54, 1.807) is 19.3 Å². The summed E-state index contributed by atoms with van der Waals surface area (Å²) >= 11 is 3.33. The van der Waals surface area contributed by atoms with Crippen molar-refractivity contribution in [3.8, 4) is 0 Å². The molecule has 1 amide bonds. The number of halogens is 1. The van der Waals surface area contributed by atoms with Crippen LogP contribution < -0.4 is 0 Å². The molecule has 0 spiro atoms. The first-order valence-electron chi connectivity index (χ1n) is 4.59. The Balaban J connectivity index is 2.87. The smallest absolute Gasteiger partial charge is 0.271 e. The number of rotatable bonds is 3. The normalized spacial score (nSPS) is 10.1. The predicted molar refractivity (Wildman–Crippen MR) is 60.4 cm³/mol. The molecule has 0 bridgehead atoms. The average Bonchev–Trinajstić information content (AvgIpc) is 2.21. The highest BCUT2D eigenvalue weighted by Gasteiger charge is 2.13. The van der Waals surface area contributed by atoms with E-state index in [0.717, 1.165) is 10.0 Å². The number of carbonyl (C=O) groups is 1. The summed E-state index contributed by atoms with van der Waals surface area (Å²) in [5.74, 6) is -0.243. The summed E-state index contributed by atoms with van der Waals surface area (Å²) in [6.45, 7) is 4.19. The van der Waals surface area contributed by atoms with Crippen LogP contribution in [-0.2, 0) is 4.84 Å². The van der Waals surface area contributed by atoms with Gasteiger partial charge in [0.15, 0.2) is 0 Å². The lowest BCUT2D eigenvalue weighted by Gasteiger charge is -2.15. The van der Waals surface area contributed by atoms with Gasteiger partial charge in [-0.05, 0) is 41.4 Å². The Morgan fingerprint density at radius 3 is 2.87 bits per heavy atom. The number of nitrogens with zero attached hydrogens (tertiary/aromatic N) is 2. The summed E-state index contributed by atoms with van der Waals surface area (Å²) in [4.78, 5) is 20.8. The van der Waals surface area contributed by atoms with E-state index in [2.05, 4.69) is 20.9 Å². The molecule has 0 radical (unpaired) electrons. The highest BCUT2D eigenvalue weighted by atomic mass is 79.9. The Bertz CT molecular complexity index is 368. The first kappa shape index (κ1) is 12.1. The number of aryl methyl sites for hydroxylation is 1. The first-order valence-corrected chi connectivity index (χ1v) is 5.38. The number of carbonyl (C=O) groups excluding carboxylic acids is 1. The zero-order valence-electron chi connectivity index (χ0n) is 8.95. The van der Waals surface area contributed by atoms with Crippen LogP contribution >= 0.6 is 15.9 Å². The number of hydroxylamine groups is 2. The van der Waals surface area contributed by atoms with Crippen molar-refractivity contribution in [3.63, 3.8) is 0 Å². The molecule has 1 heterocycles. The lowest BCUT2D eigenvalue weighted by molar-refractivity contribution is -0.100. The van der Waals surface area contributed by atoms with E-state index in [9.17, 15) is 4.79 Å². The van der Waals surface area contributed by atoms with Gasteiger partial charge in [0.05, 0.1) is 6.61 Å². The molecule has 4 nitrogen and oxygen atoms in total. The zero-order chi connectivity index (χ0) is 11.4. The molecule has 15 heavy (non-hydrogen) atoms. The van der Waals surface area contributed by atoms with Gasteiger partial charge in [-0.3, -0.25) is 9.63 Å². The number of hydrogen-bond acceptors (Lipinski definition) is 3. The number of hydrogen-bond donors (Lipinski definition) is 0. The fraction of sp³-hybridized carbons (Fsp3) is 0.400. The molecule has 0 saturated carbocycles. The largest absolute Gasteiger partial charge is 0.295 e. The summed E-state index contributed by atoms with van der Waals surface area (Å²) in [5.41, 5.74) is 1.35. The Morgan fingerprint density at radius 2 is 2.33 bits per heavy atom. The highest BCUT2D eigenvalue weighted by Crippen LogP contribution is 2.15. The van der Waals surface area contributed by atoms with Crippen molar-refractivity contribution in [1.82, 2.24) is 10.0 Å². The van der Waals surface area contributed by atoms with Crippen LogP contribution in [0.25, 0.3) is 0 Å². The van der Waals surface area contributed by atoms with Gasteiger partial charge in [-0.25, -0.2) is 10.0 Å². The number of amides is 1. The third-order valence-corrected chi connectivity index (χ3v) is 2.70. The Hall–Kier alpha value is -0.940. The molecule has 1 aromatic heterocycles. The lowest BCUT2D eigenvalue weighted by atomic mass is 10.2. The van der Waals surface area contributed by atoms with Crippen molar-refractivity contribution in [3.05, 3.63) is 28.0 Å². The maximum Gasteiger partial charge on any atom is 0.295 e. The Morgan fingerprint density at radius 1 is 1.67 bits per heavy atom. The highest BCUT2D eigenvalue weighted by molar-refractivity contribution is 9.10. The minimum Gasteiger partial charge on any atom is -0.271 e. The molecule has 82 valence electrons. The minimum atomic E-state index is -0.243. The number of pyridine rings is 1. The monoisotopic (exact) mass is 272 g/mol.